The molecule has 1 heterocycles. The van der Waals surface area contributed by atoms with Crippen molar-refractivity contribution in [3.8, 4) is 0 Å². The van der Waals surface area contributed by atoms with E-state index in [0.29, 0.717) is 12.6 Å². The molecule has 4 nitrogen and oxygen atoms in total. The largest absolute Gasteiger partial charge is 0.353 e. The Labute approximate surface area is 111 Å². The third-order valence-electron chi connectivity index (χ3n) is 3.90. The number of amides is 1. The molecule has 3 N–H and O–H groups in total. The third kappa shape index (κ3) is 3.95. The SMILES string of the molecule is CC(C)(CN)C(=O)NC1CCN(C(C)(C)C)CC1. The van der Waals surface area contributed by atoms with E-state index in [9.17, 15) is 4.79 Å². The Bertz CT molecular complexity index is 286. The highest BCUT2D eigenvalue weighted by molar-refractivity contribution is 5.82. The smallest absolute Gasteiger partial charge is 0.227 e. The Hall–Kier alpha value is -0.610. The van der Waals surface area contributed by atoms with Crippen LogP contribution < -0.4 is 11.1 Å². The highest BCUT2D eigenvalue weighted by Crippen LogP contribution is 2.21. The first-order chi connectivity index (χ1) is 8.16. The molecule has 1 fully saturated rings. The Morgan fingerprint density at radius 3 is 2.11 bits per heavy atom. The van der Waals surface area contributed by atoms with E-state index in [4.69, 9.17) is 5.73 Å². The van der Waals surface area contributed by atoms with Crippen molar-refractivity contribution in [1.29, 1.82) is 0 Å². The van der Waals surface area contributed by atoms with Crippen LogP contribution in [0.3, 0.4) is 0 Å². The van der Waals surface area contributed by atoms with Gasteiger partial charge in [-0.1, -0.05) is 0 Å². The topological polar surface area (TPSA) is 58.4 Å². The second-order valence-corrected chi connectivity index (χ2v) is 6.99. The highest BCUT2D eigenvalue weighted by atomic mass is 16.2. The van der Waals surface area contributed by atoms with Gasteiger partial charge >= 0.3 is 0 Å². The first-order valence-corrected chi connectivity index (χ1v) is 6.93. The summed E-state index contributed by atoms with van der Waals surface area (Å²) in [6.45, 7) is 13.0. The van der Waals surface area contributed by atoms with Gasteiger partial charge in [-0.05, 0) is 47.5 Å². The molecule has 1 amide bonds. The summed E-state index contributed by atoms with van der Waals surface area (Å²) in [6, 6.07) is 0.307. The number of rotatable bonds is 3. The van der Waals surface area contributed by atoms with E-state index < -0.39 is 5.41 Å². The summed E-state index contributed by atoms with van der Waals surface area (Å²) in [4.78, 5) is 14.5. The Balaban J connectivity index is 2.43. The molecule has 18 heavy (non-hydrogen) atoms. The number of hydrogen-bond acceptors (Lipinski definition) is 3. The van der Waals surface area contributed by atoms with Crippen LogP contribution in [0.2, 0.25) is 0 Å². The van der Waals surface area contributed by atoms with E-state index >= 15 is 0 Å². The zero-order valence-electron chi connectivity index (χ0n) is 12.5. The van der Waals surface area contributed by atoms with Crippen LogP contribution in [0.4, 0.5) is 0 Å². The lowest BCUT2D eigenvalue weighted by Crippen LogP contribution is -2.53. The minimum Gasteiger partial charge on any atom is -0.353 e. The van der Waals surface area contributed by atoms with Crippen LogP contribution in [0.5, 0.6) is 0 Å². The lowest BCUT2D eigenvalue weighted by Gasteiger charge is -2.41. The van der Waals surface area contributed by atoms with Crippen molar-refractivity contribution in [2.24, 2.45) is 11.1 Å². The molecule has 0 unspecified atom stereocenters. The van der Waals surface area contributed by atoms with Gasteiger partial charge in [-0.2, -0.15) is 0 Å². The molecule has 0 radical (unpaired) electrons. The Kier molecular flexibility index (Phi) is 4.78. The van der Waals surface area contributed by atoms with Crippen molar-refractivity contribution < 1.29 is 4.79 Å². The number of nitrogens with two attached hydrogens (primary N) is 1. The molecule has 1 saturated heterocycles. The minimum absolute atomic E-state index is 0.0826. The van der Waals surface area contributed by atoms with Crippen molar-refractivity contribution >= 4 is 5.91 Å². The molecule has 106 valence electrons. The normalized spacial score (nSPS) is 19.9. The molecule has 0 aromatic rings. The van der Waals surface area contributed by atoms with Crippen LogP contribution >= 0.6 is 0 Å². The molecule has 1 aliphatic rings. The van der Waals surface area contributed by atoms with Gasteiger partial charge in [0.1, 0.15) is 0 Å². The van der Waals surface area contributed by atoms with Gasteiger partial charge in [0, 0.05) is 31.2 Å². The lowest BCUT2D eigenvalue weighted by atomic mass is 9.91. The monoisotopic (exact) mass is 255 g/mol. The van der Waals surface area contributed by atoms with E-state index in [0.717, 1.165) is 25.9 Å². The van der Waals surface area contributed by atoms with Crippen molar-refractivity contribution in [1.82, 2.24) is 10.2 Å². The molecule has 0 bridgehead atoms. The predicted octanol–water partition coefficient (Wildman–Crippen LogP) is 1.35. The van der Waals surface area contributed by atoms with E-state index in [-0.39, 0.29) is 11.4 Å². The molecule has 0 aromatic carbocycles. The molecule has 1 aliphatic heterocycles. The molecule has 4 heteroatoms. The summed E-state index contributed by atoms with van der Waals surface area (Å²) in [6.07, 6.45) is 2.06. The highest BCUT2D eigenvalue weighted by Gasteiger charge is 2.31. The molecule has 0 aromatic heterocycles. The van der Waals surface area contributed by atoms with Gasteiger partial charge in [-0.15, -0.1) is 0 Å². The molecular formula is C14H29N3O. The number of likely N-dealkylation sites (tertiary alicyclic amines) is 1. The Morgan fingerprint density at radius 1 is 1.22 bits per heavy atom. The van der Waals surface area contributed by atoms with Crippen molar-refractivity contribution in [2.45, 2.75) is 59.0 Å². The van der Waals surface area contributed by atoms with E-state index in [2.05, 4.69) is 31.0 Å². The van der Waals surface area contributed by atoms with E-state index in [1.54, 1.807) is 0 Å². The molecule has 0 atom stereocenters. The first-order valence-electron chi connectivity index (χ1n) is 6.93. The molecule has 0 saturated carbocycles. The van der Waals surface area contributed by atoms with Gasteiger partial charge in [-0.3, -0.25) is 9.69 Å². The van der Waals surface area contributed by atoms with Gasteiger partial charge in [0.2, 0.25) is 5.91 Å². The van der Waals surface area contributed by atoms with Crippen LogP contribution in [0, 0.1) is 5.41 Å². The fourth-order valence-electron chi connectivity index (χ4n) is 2.17. The van der Waals surface area contributed by atoms with Crippen LogP contribution in [0.1, 0.15) is 47.5 Å². The van der Waals surface area contributed by atoms with Gasteiger partial charge in [0.05, 0.1) is 5.41 Å². The zero-order valence-corrected chi connectivity index (χ0v) is 12.5. The quantitative estimate of drug-likeness (QED) is 0.800. The average molecular weight is 255 g/mol. The van der Waals surface area contributed by atoms with E-state index in [1.165, 1.54) is 0 Å². The predicted molar refractivity (Wildman–Crippen MR) is 75.3 cm³/mol. The average Bonchev–Trinajstić information content (AvgIpc) is 2.28. The summed E-state index contributed by atoms with van der Waals surface area (Å²) in [5.41, 5.74) is 5.39. The van der Waals surface area contributed by atoms with Crippen LogP contribution in [-0.2, 0) is 4.79 Å². The number of nitrogens with one attached hydrogen (secondary N) is 1. The summed E-state index contributed by atoms with van der Waals surface area (Å²) in [7, 11) is 0. The fourth-order valence-corrected chi connectivity index (χ4v) is 2.17. The number of carbonyl (C=O) groups is 1. The third-order valence-corrected chi connectivity index (χ3v) is 3.90. The summed E-state index contributed by atoms with van der Waals surface area (Å²) in [5.74, 6) is 0.0826. The van der Waals surface area contributed by atoms with Gasteiger partial charge < -0.3 is 11.1 Å². The van der Waals surface area contributed by atoms with Crippen LogP contribution in [0.15, 0.2) is 0 Å². The van der Waals surface area contributed by atoms with Crippen LogP contribution in [-0.4, -0.2) is 42.0 Å². The number of hydrogen-bond donors (Lipinski definition) is 2. The standard InChI is InChI=1S/C14H29N3O/c1-13(2,3)17-8-6-11(7-9-17)16-12(18)14(4,5)10-15/h11H,6-10,15H2,1-5H3,(H,16,18). The minimum atomic E-state index is -0.457. The second-order valence-electron chi connectivity index (χ2n) is 6.99. The second kappa shape index (κ2) is 5.57. The summed E-state index contributed by atoms with van der Waals surface area (Å²) in [5, 5.41) is 3.14. The van der Waals surface area contributed by atoms with Gasteiger partial charge in [-0.25, -0.2) is 0 Å². The zero-order chi connectivity index (χ0) is 14.0. The van der Waals surface area contributed by atoms with Crippen molar-refractivity contribution in [3.63, 3.8) is 0 Å². The van der Waals surface area contributed by atoms with Crippen LogP contribution in [0.25, 0.3) is 0 Å². The Morgan fingerprint density at radius 2 is 1.72 bits per heavy atom. The molecule has 1 rings (SSSR count). The lowest BCUT2D eigenvalue weighted by molar-refractivity contribution is -0.130. The van der Waals surface area contributed by atoms with Gasteiger partial charge in [0.15, 0.2) is 0 Å². The molecular weight excluding hydrogens is 226 g/mol. The fraction of sp³-hybridized carbons (Fsp3) is 0.929. The number of piperidine rings is 1. The van der Waals surface area contributed by atoms with Crippen molar-refractivity contribution in [3.05, 3.63) is 0 Å². The van der Waals surface area contributed by atoms with Gasteiger partial charge in [0.25, 0.3) is 0 Å². The number of nitrogens with zero attached hydrogens (tertiary/aromatic N) is 1. The number of carbonyl (C=O) groups excluding carboxylic acids is 1. The van der Waals surface area contributed by atoms with E-state index in [1.807, 2.05) is 13.8 Å². The maximum Gasteiger partial charge on any atom is 0.227 e. The summed E-state index contributed by atoms with van der Waals surface area (Å²) < 4.78 is 0. The maximum absolute atomic E-state index is 12.0. The molecule has 0 aliphatic carbocycles. The first kappa shape index (κ1) is 15.4. The maximum atomic E-state index is 12.0. The van der Waals surface area contributed by atoms with Crippen molar-refractivity contribution in [2.75, 3.05) is 19.6 Å². The summed E-state index contributed by atoms with van der Waals surface area (Å²) >= 11 is 0. The molecule has 0 spiro atoms.